The van der Waals surface area contributed by atoms with Crippen molar-refractivity contribution in [1.82, 2.24) is 0 Å². The van der Waals surface area contributed by atoms with Gasteiger partial charge < -0.3 is 5.11 Å². The van der Waals surface area contributed by atoms with E-state index in [0.29, 0.717) is 0 Å². The van der Waals surface area contributed by atoms with Crippen LogP contribution in [-0.2, 0) is 0 Å². The molecule has 1 fully saturated rings. The molecule has 1 nitrogen and oxygen atoms in total. The van der Waals surface area contributed by atoms with E-state index in [4.69, 9.17) is 5.11 Å². The van der Waals surface area contributed by atoms with Crippen LogP contribution in [0.2, 0.25) is 0 Å². The van der Waals surface area contributed by atoms with Crippen LogP contribution < -0.4 is 0 Å². The molecule has 0 radical (unpaired) electrons. The first-order chi connectivity index (χ1) is 5.79. The van der Waals surface area contributed by atoms with Crippen molar-refractivity contribution in [3.8, 4) is 0 Å². The van der Waals surface area contributed by atoms with Gasteiger partial charge in [0, 0.05) is 0 Å². The summed E-state index contributed by atoms with van der Waals surface area (Å²) in [7, 11) is 0. The zero-order valence-electron chi connectivity index (χ0n) is 8.26. The molecule has 72 valence electrons. The first-order valence-electron chi connectivity index (χ1n) is 5.47. The second-order valence-electron chi connectivity index (χ2n) is 4.28. The molecule has 1 rings (SSSR count). The number of rotatable bonds is 5. The molecule has 0 saturated heterocycles. The normalized spacial score (nSPS) is 21.5. The summed E-state index contributed by atoms with van der Waals surface area (Å²) in [4.78, 5) is 0. The van der Waals surface area contributed by atoms with E-state index in [2.05, 4.69) is 0 Å². The zero-order chi connectivity index (χ0) is 8.81. The highest BCUT2D eigenvalue weighted by Gasteiger charge is 2.13. The van der Waals surface area contributed by atoms with Crippen molar-refractivity contribution in [3.63, 3.8) is 0 Å². The molecular weight excluding hydrogens is 148 g/mol. The smallest absolute Gasteiger partial charge is 0.0512 e. The molecule has 0 aliphatic heterocycles. The van der Waals surface area contributed by atoms with E-state index in [0.717, 1.165) is 12.3 Å². The van der Waals surface area contributed by atoms with Crippen LogP contribution in [0.4, 0.5) is 0 Å². The van der Waals surface area contributed by atoms with E-state index in [1.165, 1.54) is 44.9 Å². The third kappa shape index (κ3) is 4.10. The highest BCUT2D eigenvalue weighted by Crippen LogP contribution is 2.29. The van der Waals surface area contributed by atoms with Crippen LogP contribution in [0, 0.1) is 5.92 Å². The summed E-state index contributed by atoms with van der Waals surface area (Å²) in [5, 5.41) is 9.04. The summed E-state index contributed by atoms with van der Waals surface area (Å²) in [5.74, 6) is 1.03. The Morgan fingerprint density at radius 2 is 1.92 bits per heavy atom. The number of aliphatic hydroxyl groups excluding tert-OH is 1. The van der Waals surface area contributed by atoms with Crippen molar-refractivity contribution < 1.29 is 5.11 Å². The van der Waals surface area contributed by atoms with E-state index in [9.17, 15) is 0 Å². The Hall–Kier alpha value is -0.0400. The van der Waals surface area contributed by atoms with Gasteiger partial charge in [0.1, 0.15) is 0 Å². The molecule has 1 aliphatic carbocycles. The standard InChI is InChI=1S/C11H22O/c1-10(12)6-2-3-7-11-8-4-5-9-11/h10-12H,2-9H2,1H3. The maximum atomic E-state index is 9.04. The van der Waals surface area contributed by atoms with Gasteiger partial charge in [-0.05, 0) is 19.3 Å². The van der Waals surface area contributed by atoms with E-state index in [1.807, 2.05) is 6.92 Å². The summed E-state index contributed by atoms with van der Waals surface area (Å²) in [6.07, 6.45) is 10.7. The average Bonchev–Trinajstić information content (AvgIpc) is 2.49. The number of hydrogen-bond donors (Lipinski definition) is 1. The summed E-state index contributed by atoms with van der Waals surface area (Å²) in [6, 6.07) is 0. The average molecular weight is 170 g/mol. The van der Waals surface area contributed by atoms with Crippen LogP contribution in [0.5, 0.6) is 0 Å². The van der Waals surface area contributed by atoms with Crippen molar-refractivity contribution >= 4 is 0 Å². The van der Waals surface area contributed by atoms with Gasteiger partial charge in [-0.15, -0.1) is 0 Å². The fraction of sp³-hybridized carbons (Fsp3) is 1.00. The monoisotopic (exact) mass is 170 g/mol. The molecule has 0 bridgehead atoms. The van der Waals surface area contributed by atoms with Gasteiger partial charge in [-0.1, -0.05) is 44.9 Å². The van der Waals surface area contributed by atoms with Crippen molar-refractivity contribution in [3.05, 3.63) is 0 Å². The van der Waals surface area contributed by atoms with Crippen LogP contribution >= 0.6 is 0 Å². The Balaban J connectivity index is 1.88. The second kappa shape index (κ2) is 5.58. The number of aliphatic hydroxyl groups is 1. The summed E-state index contributed by atoms with van der Waals surface area (Å²) < 4.78 is 0. The molecular formula is C11H22O. The third-order valence-electron chi connectivity index (χ3n) is 2.96. The molecule has 0 aromatic carbocycles. The van der Waals surface area contributed by atoms with E-state index in [-0.39, 0.29) is 6.10 Å². The topological polar surface area (TPSA) is 20.2 Å². The van der Waals surface area contributed by atoms with E-state index in [1.54, 1.807) is 0 Å². The molecule has 1 aliphatic rings. The first kappa shape index (κ1) is 10.0. The molecule has 1 heteroatoms. The van der Waals surface area contributed by atoms with Gasteiger partial charge >= 0.3 is 0 Å². The third-order valence-corrected chi connectivity index (χ3v) is 2.96. The Labute approximate surface area is 76.2 Å². The Morgan fingerprint density at radius 3 is 2.50 bits per heavy atom. The SMILES string of the molecule is CC(O)CCCCC1CCCC1. The summed E-state index contributed by atoms with van der Waals surface area (Å²) >= 11 is 0. The Bertz CT molecular complexity index is 104. The maximum Gasteiger partial charge on any atom is 0.0512 e. The molecule has 1 saturated carbocycles. The molecule has 1 atom stereocenters. The van der Waals surface area contributed by atoms with Gasteiger partial charge in [-0.2, -0.15) is 0 Å². The van der Waals surface area contributed by atoms with Gasteiger partial charge in [-0.25, -0.2) is 0 Å². The predicted octanol–water partition coefficient (Wildman–Crippen LogP) is 3.12. The van der Waals surface area contributed by atoms with Crippen molar-refractivity contribution in [2.75, 3.05) is 0 Å². The zero-order valence-corrected chi connectivity index (χ0v) is 8.26. The van der Waals surface area contributed by atoms with E-state index < -0.39 is 0 Å². The molecule has 0 aromatic heterocycles. The highest BCUT2D eigenvalue weighted by molar-refractivity contribution is 4.67. The van der Waals surface area contributed by atoms with Crippen molar-refractivity contribution in [2.24, 2.45) is 5.92 Å². The second-order valence-corrected chi connectivity index (χ2v) is 4.28. The lowest BCUT2D eigenvalue weighted by Crippen LogP contribution is -1.99. The quantitative estimate of drug-likeness (QED) is 0.628. The largest absolute Gasteiger partial charge is 0.393 e. The minimum absolute atomic E-state index is 0.0893. The maximum absolute atomic E-state index is 9.04. The highest BCUT2D eigenvalue weighted by atomic mass is 16.3. The minimum Gasteiger partial charge on any atom is -0.393 e. The Kier molecular flexibility index (Phi) is 4.67. The van der Waals surface area contributed by atoms with Gasteiger partial charge in [0.05, 0.1) is 6.10 Å². The van der Waals surface area contributed by atoms with Gasteiger partial charge in [0.25, 0.3) is 0 Å². The van der Waals surface area contributed by atoms with Crippen molar-refractivity contribution in [1.29, 1.82) is 0 Å². The van der Waals surface area contributed by atoms with Gasteiger partial charge in [-0.3, -0.25) is 0 Å². The van der Waals surface area contributed by atoms with Crippen LogP contribution in [0.15, 0.2) is 0 Å². The summed E-state index contributed by atoms with van der Waals surface area (Å²) in [5.41, 5.74) is 0. The minimum atomic E-state index is -0.0893. The number of unbranched alkanes of at least 4 members (excludes halogenated alkanes) is 1. The van der Waals surface area contributed by atoms with Crippen LogP contribution in [0.3, 0.4) is 0 Å². The molecule has 0 aromatic rings. The molecule has 12 heavy (non-hydrogen) atoms. The predicted molar refractivity (Wildman–Crippen MR) is 52.1 cm³/mol. The molecule has 0 heterocycles. The summed E-state index contributed by atoms with van der Waals surface area (Å²) in [6.45, 7) is 1.88. The first-order valence-corrected chi connectivity index (χ1v) is 5.47. The fourth-order valence-corrected chi connectivity index (χ4v) is 2.17. The lowest BCUT2D eigenvalue weighted by atomic mass is 9.99. The lowest BCUT2D eigenvalue weighted by molar-refractivity contribution is 0.179. The van der Waals surface area contributed by atoms with Crippen molar-refractivity contribution in [2.45, 2.75) is 64.4 Å². The fourth-order valence-electron chi connectivity index (χ4n) is 2.17. The molecule has 1 N–H and O–H groups in total. The lowest BCUT2D eigenvalue weighted by Gasteiger charge is -2.08. The molecule has 0 spiro atoms. The molecule has 0 amide bonds. The number of hydrogen-bond acceptors (Lipinski definition) is 1. The van der Waals surface area contributed by atoms with Crippen LogP contribution in [0.25, 0.3) is 0 Å². The van der Waals surface area contributed by atoms with Crippen LogP contribution in [0.1, 0.15) is 58.3 Å². The van der Waals surface area contributed by atoms with E-state index >= 15 is 0 Å². The Morgan fingerprint density at radius 1 is 1.25 bits per heavy atom. The van der Waals surface area contributed by atoms with Gasteiger partial charge in [0.15, 0.2) is 0 Å². The van der Waals surface area contributed by atoms with Crippen LogP contribution in [-0.4, -0.2) is 11.2 Å². The van der Waals surface area contributed by atoms with Gasteiger partial charge in [0.2, 0.25) is 0 Å². The molecule has 1 unspecified atom stereocenters.